The Morgan fingerprint density at radius 2 is 1.70 bits per heavy atom. The van der Waals surface area contributed by atoms with Gasteiger partial charge in [-0.2, -0.15) is 0 Å². The van der Waals surface area contributed by atoms with E-state index in [0.717, 1.165) is 56.4 Å². The molecular formula is C30H45NO2. The van der Waals surface area contributed by atoms with Gasteiger partial charge in [0.05, 0.1) is 7.11 Å². The predicted octanol–water partition coefficient (Wildman–Crippen LogP) is 8.16. The number of benzene rings is 1. The first kappa shape index (κ1) is 27.0. The van der Waals surface area contributed by atoms with E-state index >= 15 is 0 Å². The highest BCUT2D eigenvalue weighted by Crippen LogP contribution is 2.44. The maximum atomic E-state index is 11.3. The van der Waals surface area contributed by atoms with Gasteiger partial charge in [-0.3, -0.25) is 4.79 Å². The minimum atomic E-state index is 0.152. The SMILES string of the molecule is CCCCN(CCCC)c1ccc(/C=C/C2=C(CCC)C(=C/C=O)/CC(C)(C)C2)c(OC)c1. The average molecular weight is 452 g/mol. The summed E-state index contributed by atoms with van der Waals surface area (Å²) in [6.07, 6.45) is 16.0. The summed E-state index contributed by atoms with van der Waals surface area (Å²) < 4.78 is 5.81. The molecule has 1 aromatic rings. The predicted molar refractivity (Wildman–Crippen MR) is 143 cm³/mol. The molecule has 0 saturated carbocycles. The van der Waals surface area contributed by atoms with Gasteiger partial charge in [-0.15, -0.1) is 0 Å². The zero-order chi connectivity index (χ0) is 24.3. The van der Waals surface area contributed by atoms with Crippen LogP contribution in [0.4, 0.5) is 5.69 Å². The molecule has 0 heterocycles. The van der Waals surface area contributed by atoms with Crippen LogP contribution in [0.15, 0.2) is 47.1 Å². The van der Waals surface area contributed by atoms with Gasteiger partial charge in [0.2, 0.25) is 0 Å². The van der Waals surface area contributed by atoms with E-state index in [2.05, 4.69) is 69.9 Å². The van der Waals surface area contributed by atoms with Crippen LogP contribution in [0.5, 0.6) is 5.75 Å². The molecule has 0 spiro atoms. The van der Waals surface area contributed by atoms with E-state index in [1.165, 1.54) is 48.1 Å². The lowest BCUT2D eigenvalue weighted by Crippen LogP contribution is -2.25. The van der Waals surface area contributed by atoms with Gasteiger partial charge in [0.1, 0.15) is 12.0 Å². The number of ether oxygens (including phenoxy) is 1. The summed E-state index contributed by atoms with van der Waals surface area (Å²) in [5.41, 5.74) is 6.39. The molecule has 0 fully saturated rings. The Balaban J connectivity index is 2.39. The molecule has 2 rings (SSSR count). The Morgan fingerprint density at radius 3 is 2.27 bits per heavy atom. The fraction of sp³-hybridized carbons (Fsp3) is 0.567. The van der Waals surface area contributed by atoms with Crippen molar-refractivity contribution in [2.24, 2.45) is 5.41 Å². The third kappa shape index (κ3) is 7.91. The van der Waals surface area contributed by atoms with Gasteiger partial charge in [0.25, 0.3) is 0 Å². The van der Waals surface area contributed by atoms with Crippen LogP contribution >= 0.6 is 0 Å². The van der Waals surface area contributed by atoms with E-state index in [1.54, 1.807) is 13.2 Å². The molecule has 0 aliphatic heterocycles. The van der Waals surface area contributed by atoms with Crippen LogP contribution in [0, 0.1) is 5.41 Å². The van der Waals surface area contributed by atoms with Gasteiger partial charge in [-0.05, 0) is 72.4 Å². The normalized spacial score (nSPS) is 17.1. The van der Waals surface area contributed by atoms with E-state index in [-0.39, 0.29) is 5.41 Å². The molecule has 0 unspecified atom stereocenters. The lowest BCUT2D eigenvalue weighted by molar-refractivity contribution is -0.104. The first-order chi connectivity index (χ1) is 15.9. The van der Waals surface area contributed by atoms with Crippen molar-refractivity contribution in [3.8, 4) is 5.75 Å². The van der Waals surface area contributed by atoms with Crippen molar-refractivity contribution >= 4 is 18.0 Å². The number of carbonyl (C=O) groups is 1. The van der Waals surface area contributed by atoms with Crippen LogP contribution in [0.2, 0.25) is 0 Å². The molecule has 1 aliphatic rings. The van der Waals surface area contributed by atoms with Crippen molar-refractivity contribution in [3.63, 3.8) is 0 Å². The zero-order valence-electron chi connectivity index (χ0n) is 21.9. The fourth-order valence-electron chi connectivity index (χ4n) is 4.78. The van der Waals surface area contributed by atoms with Crippen molar-refractivity contribution < 1.29 is 9.53 Å². The third-order valence-electron chi connectivity index (χ3n) is 6.49. The largest absolute Gasteiger partial charge is 0.496 e. The quantitative estimate of drug-likeness (QED) is 0.224. The number of hydrogen-bond donors (Lipinski definition) is 0. The van der Waals surface area contributed by atoms with Crippen molar-refractivity contribution in [2.75, 3.05) is 25.1 Å². The van der Waals surface area contributed by atoms with Gasteiger partial charge < -0.3 is 9.64 Å². The summed E-state index contributed by atoms with van der Waals surface area (Å²) >= 11 is 0. The number of rotatable bonds is 13. The summed E-state index contributed by atoms with van der Waals surface area (Å²) in [6.45, 7) is 13.5. The zero-order valence-corrected chi connectivity index (χ0v) is 21.9. The lowest BCUT2D eigenvalue weighted by Gasteiger charge is -2.34. The first-order valence-electron chi connectivity index (χ1n) is 12.9. The highest BCUT2D eigenvalue weighted by molar-refractivity contribution is 5.70. The number of anilines is 1. The number of nitrogens with zero attached hydrogens (tertiary/aromatic N) is 1. The summed E-state index contributed by atoms with van der Waals surface area (Å²) in [5, 5.41) is 0. The number of carbonyl (C=O) groups excluding carboxylic acids is 1. The average Bonchev–Trinajstić information content (AvgIpc) is 2.79. The molecule has 0 atom stereocenters. The Morgan fingerprint density at radius 1 is 1.00 bits per heavy atom. The second kappa shape index (κ2) is 13.4. The standard InChI is InChI=1S/C30H45NO2/c1-7-10-18-31(19-11-8-2)27-16-15-24(29(21-27)33-6)13-14-25-22-30(4,5)23-26(17-20-32)28(25)12-9-3/h13-17,20-21H,7-12,18-19,22-23H2,1-6H3/b14-13+,26-17+. The summed E-state index contributed by atoms with van der Waals surface area (Å²) in [6, 6.07) is 6.61. The van der Waals surface area contributed by atoms with E-state index in [1.807, 2.05) is 0 Å². The molecule has 0 aromatic heterocycles. The molecule has 3 heteroatoms. The summed E-state index contributed by atoms with van der Waals surface area (Å²) in [5.74, 6) is 0.915. The molecule has 0 amide bonds. The molecule has 33 heavy (non-hydrogen) atoms. The Kier molecular flexibility index (Phi) is 11.0. The molecule has 0 saturated heterocycles. The van der Waals surface area contributed by atoms with Gasteiger partial charge in [0, 0.05) is 30.4 Å². The number of methoxy groups -OCH3 is 1. The molecule has 0 bridgehead atoms. The number of allylic oxidation sites excluding steroid dienone is 5. The molecular weight excluding hydrogens is 406 g/mol. The topological polar surface area (TPSA) is 29.5 Å². The van der Waals surface area contributed by atoms with E-state index < -0.39 is 0 Å². The van der Waals surface area contributed by atoms with Crippen LogP contribution in [-0.2, 0) is 4.79 Å². The van der Waals surface area contributed by atoms with Crippen LogP contribution < -0.4 is 9.64 Å². The maximum Gasteiger partial charge on any atom is 0.143 e. The van der Waals surface area contributed by atoms with Gasteiger partial charge in [-0.25, -0.2) is 0 Å². The lowest BCUT2D eigenvalue weighted by atomic mass is 9.71. The fourth-order valence-corrected chi connectivity index (χ4v) is 4.78. The summed E-state index contributed by atoms with van der Waals surface area (Å²) in [4.78, 5) is 13.8. The van der Waals surface area contributed by atoms with E-state index in [4.69, 9.17) is 4.74 Å². The van der Waals surface area contributed by atoms with E-state index in [9.17, 15) is 4.79 Å². The molecule has 0 radical (unpaired) electrons. The Hall–Kier alpha value is -2.29. The maximum absolute atomic E-state index is 11.3. The Bertz CT molecular complexity index is 852. The minimum Gasteiger partial charge on any atom is -0.496 e. The summed E-state index contributed by atoms with van der Waals surface area (Å²) in [7, 11) is 1.76. The number of aldehydes is 1. The second-order valence-electron chi connectivity index (χ2n) is 10.1. The third-order valence-corrected chi connectivity index (χ3v) is 6.49. The molecule has 1 aliphatic carbocycles. The van der Waals surface area contributed by atoms with Gasteiger partial charge >= 0.3 is 0 Å². The Labute approximate surface area is 202 Å². The van der Waals surface area contributed by atoms with Crippen LogP contribution in [-0.4, -0.2) is 26.5 Å². The van der Waals surface area contributed by atoms with Gasteiger partial charge in [0.15, 0.2) is 0 Å². The van der Waals surface area contributed by atoms with Crippen molar-refractivity contribution in [2.45, 2.75) is 86.0 Å². The van der Waals surface area contributed by atoms with Crippen LogP contribution in [0.1, 0.15) is 91.5 Å². The second-order valence-corrected chi connectivity index (χ2v) is 10.1. The molecule has 3 nitrogen and oxygen atoms in total. The van der Waals surface area contributed by atoms with Crippen molar-refractivity contribution in [1.29, 1.82) is 0 Å². The van der Waals surface area contributed by atoms with Crippen LogP contribution in [0.3, 0.4) is 0 Å². The highest BCUT2D eigenvalue weighted by Gasteiger charge is 2.28. The number of hydrogen-bond acceptors (Lipinski definition) is 3. The van der Waals surface area contributed by atoms with Crippen molar-refractivity contribution in [1.82, 2.24) is 0 Å². The molecule has 182 valence electrons. The molecule has 1 aromatic carbocycles. The number of unbranched alkanes of at least 4 members (excludes halogenated alkanes) is 2. The molecule has 0 N–H and O–H groups in total. The smallest absolute Gasteiger partial charge is 0.143 e. The van der Waals surface area contributed by atoms with Crippen LogP contribution in [0.25, 0.3) is 6.08 Å². The first-order valence-corrected chi connectivity index (χ1v) is 12.9. The minimum absolute atomic E-state index is 0.152. The monoisotopic (exact) mass is 451 g/mol. The highest BCUT2D eigenvalue weighted by atomic mass is 16.5. The van der Waals surface area contributed by atoms with Gasteiger partial charge in [-0.1, -0.05) is 66.0 Å². The van der Waals surface area contributed by atoms with E-state index in [0.29, 0.717) is 0 Å². The van der Waals surface area contributed by atoms with Crippen molar-refractivity contribution in [3.05, 3.63) is 52.6 Å².